The molecule has 0 amide bonds. The summed E-state index contributed by atoms with van der Waals surface area (Å²) in [6, 6.07) is 10.5. The van der Waals surface area contributed by atoms with Crippen LogP contribution in [0.3, 0.4) is 0 Å². The number of carbonyl (C=O) groups excluding carboxylic acids is 1. The maximum atomic E-state index is 11.4. The second-order valence-corrected chi connectivity index (χ2v) is 3.45. The van der Waals surface area contributed by atoms with Gasteiger partial charge in [-0.05, 0) is 19.1 Å². The summed E-state index contributed by atoms with van der Waals surface area (Å²) in [6.07, 6.45) is 0. The second kappa shape index (κ2) is 5.15. The fourth-order valence-electron chi connectivity index (χ4n) is 1.50. The fourth-order valence-corrected chi connectivity index (χ4v) is 1.50. The van der Waals surface area contributed by atoms with E-state index in [-0.39, 0.29) is 12.3 Å². The van der Waals surface area contributed by atoms with E-state index in [0.29, 0.717) is 16.9 Å². The molecule has 0 aliphatic carbocycles. The Balaban J connectivity index is 2.36. The lowest BCUT2D eigenvalue weighted by Crippen LogP contribution is -2.04. The van der Waals surface area contributed by atoms with E-state index in [1.807, 2.05) is 0 Å². The number of hydrogen-bond acceptors (Lipinski definition) is 5. The quantitative estimate of drug-likeness (QED) is 0.772. The number of nitriles is 1. The van der Waals surface area contributed by atoms with E-state index < -0.39 is 5.97 Å². The Bertz CT molecular complexity index is 611. The van der Waals surface area contributed by atoms with E-state index in [9.17, 15) is 4.79 Å². The van der Waals surface area contributed by atoms with Crippen molar-refractivity contribution in [3.8, 4) is 17.4 Å². The summed E-state index contributed by atoms with van der Waals surface area (Å²) in [4.78, 5) is 11.4. The molecule has 0 radical (unpaired) electrons. The topological polar surface area (TPSA) is 76.1 Å². The molecule has 0 atom stereocenters. The molecular weight excluding hydrogens is 232 g/mol. The van der Waals surface area contributed by atoms with Crippen molar-refractivity contribution in [1.82, 2.24) is 5.16 Å². The van der Waals surface area contributed by atoms with E-state index in [4.69, 9.17) is 14.5 Å². The zero-order valence-corrected chi connectivity index (χ0v) is 9.71. The van der Waals surface area contributed by atoms with Gasteiger partial charge in [0, 0.05) is 11.6 Å². The number of rotatable bonds is 3. The Morgan fingerprint density at radius 2 is 2.28 bits per heavy atom. The van der Waals surface area contributed by atoms with Gasteiger partial charge in [0.15, 0.2) is 11.5 Å². The normalized spacial score (nSPS) is 9.78. The first kappa shape index (κ1) is 11.9. The molecular formula is C13H10N2O3. The summed E-state index contributed by atoms with van der Waals surface area (Å²) < 4.78 is 9.87. The first-order valence-corrected chi connectivity index (χ1v) is 5.39. The number of nitrogens with zero attached hydrogens (tertiary/aromatic N) is 2. The zero-order chi connectivity index (χ0) is 13.0. The molecule has 90 valence electrons. The molecule has 2 aromatic rings. The van der Waals surface area contributed by atoms with E-state index >= 15 is 0 Å². The summed E-state index contributed by atoms with van der Waals surface area (Å²) in [5.74, 6) is -0.169. The zero-order valence-electron chi connectivity index (χ0n) is 9.71. The minimum Gasteiger partial charge on any atom is -0.461 e. The summed E-state index contributed by atoms with van der Waals surface area (Å²) in [7, 11) is 0. The van der Waals surface area contributed by atoms with Crippen molar-refractivity contribution in [3.05, 3.63) is 41.6 Å². The third-order valence-electron chi connectivity index (χ3n) is 2.31. The van der Waals surface area contributed by atoms with Crippen LogP contribution in [0.25, 0.3) is 11.3 Å². The summed E-state index contributed by atoms with van der Waals surface area (Å²) in [5, 5.41) is 12.6. The third-order valence-corrected chi connectivity index (χ3v) is 2.31. The third kappa shape index (κ3) is 2.23. The van der Waals surface area contributed by atoms with Gasteiger partial charge in [-0.1, -0.05) is 17.3 Å². The van der Waals surface area contributed by atoms with E-state index in [0.717, 1.165) is 0 Å². The van der Waals surface area contributed by atoms with Crippen molar-refractivity contribution in [1.29, 1.82) is 5.26 Å². The van der Waals surface area contributed by atoms with Crippen molar-refractivity contribution in [2.24, 2.45) is 0 Å². The van der Waals surface area contributed by atoms with Crippen molar-refractivity contribution in [2.75, 3.05) is 6.61 Å². The van der Waals surface area contributed by atoms with Crippen LogP contribution in [-0.2, 0) is 4.74 Å². The Morgan fingerprint density at radius 1 is 1.50 bits per heavy atom. The molecule has 0 N–H and O–H groups in total. The van der Waals surface area contributed by atoms with Crippen LogP contribution in [0.15, 0.2) is 34.9 Å². The number of aromatic nitrogens is 1. The number of esters is 1. The average molecular weight is 242 g/mol. The molecule has 18 heavy (non-hydrogen) atoms. The van der Waals surface area contributed by atoms with Gasteiger partial charge in [0.05, 0.1) is 18.2 Å². The highest BCUT2D eigenvalue weighted by Crippen LogP contribution is 2.24. The van der Waals surface area contributed by atoms with Crippen molar-refractivity contribution >= 4 is 5.97 Å². The lowest BCUT2D eigenvalue weighted by molar-refractivity contribution is 0.0514. The van der Waals surface area contributed by atoms with E-state index in [1.165, 1.54) is 6.07 Å². The molecule has 0 fully saturated rings. The molecule has 0 aliphatic rings. The Hall–Kier alpha value is -2.61. The molecule has 1 heterocycles. The molecule has 0 aliphatic heterocycles. The molecule has 0 unspecified atom stereocenters. The summed E-state index contributed by atoms with van der Waals surface area (Å²) in [5.41, 5.74) is 1.16. The minimum atomic E-state index is -0.540. The SMILES string of the molecule is CCOC(=O)c1cc(-c2ccccc2C#N)on1. The van der Waals surface area contributed by atoms with Crippen LogP contribution in [0.5, 0.6) is 0 Å². The molecule has 0 bridgehead atoms. The van der Waals surface area contributed by atoms with Gasteiger partial charge >= 0.3 is 5.97 Å². The highest BCUT2D eigenvalue weighted by molar-refractivity contribution is 5.88. The van der Waals surface area contributed by atoms with Crippen LogP contribution in [0.1, 0.15) is 23.0 Å². The fraction of sp³-hybridized carbons (Fsp3) is 0.154. The van der Waals surface area contributed by atoms with Crippen molar-refractivity contribution < 1.29 is 14.1 Å². The van der Waals surface area contributed by atoms with Gasteiger partial charge in [-0.25, -0.2) is 4.79 Å². The van der Waals surface area contributed by atoms with Crippen LogP contribution < -0.4 is 0 Å². The molecule has 1 aromatic heterocycles. The Labute approximate surface area is 104 Å². The first-order chi connectivity index (χ1) is 8.76. The highest BCUT2D eigenvalue weighted by atomic mass is 16.5. The Kier molecular flexibility index (Phi) is 3.39. The molecule has 2 rings (SSSR count). The predicted molar refractivity (Wildman–Crippen MR) is 62.6 cm³/mol. The lowest BCUT2D eigenvalue weighted by Gasteiger charge is -1.97. The highest BCUT2D eigenvalue weighted by Gasteiger charge is 2.16. The van der Waals surface area contributed by atoms with Crippen LogP contribution in [0.4, 0.5) is 0 Å². The molecule has 5 nitrogen and oxygen atoms in total. The maximum absolute atomic E-state index is 11.4. The van der Waals surface area contributed by atoms with Gasteiger partial charge in [0.25, 0.3) is 0 Å². The molecule has 0 saturated heterocycles. The number of hydrogen-bond donors (Lipinski definition) is 0. The van der Waals surface area contributed by atoms with Gasteiger partial charge in [0.2, 0.25) is 0 Å². The van der Waals surface area contributed by atoms with Gasteiger partial charge < -0.3 is 9.26 Å². The maximum Gasteiger partial charge on any atom is 0.360 e. The van der Waals surface area contributed by atoms with Crippen LogP contribution >= 0.6 is 0 Å². The Morgan fingerprint density at radius 3 is 3.00 bits per heavy atom. The number of benzene rings is 1. The number of carbonyl (C=O) groups is 1. The number of ether oxygens (including phenoxy) is 1. The van der Waals surface area contributed by atoms with Gasteiger partial charge in [-0.3, -0.25) is 0 Å². The van der Waals surface area contributed by atoms with Crippen LogP contribution in [-0.4, -0.2) is 17.7 Å². The first-order valence-electron chi connectivity index (χ1n) is 5.39. The van der Waals surface area contributed by atoms with Crippen LogP contribution in [0, 0.1) is 11.3 Å². The predicted octanol–water partition coefficient (Wildman–Crippen LogP) is 2.39. The standard InChI is InChI=1S/C13H10N2O3/c1-2-17-13(16)11-7-12(18-15-11)10-6-4-3-5-9(10)8-14/h3-7H,2H2,1H3. The summed E-state index contributed by atoms with van der Waals surface area (Å²) in [6.45, 7) is 1.99. The van der Waals surface area contributed by atoms with Crippen LogP contribution in [0.2, 0.25) is 0 Å². The van der Waals surface area contributed by atoms with Gasteiger partial charge in [0.1, 0.15) is 0 Å². The average Bonchev–Trinajstić information content (AvgIpc) is 2.88. The smallest absolute Gasteiger partial charge is 0.360 e. The van der Waals surface area contributed by atoms with E-state index in [2.05, 4.69) is 11.2 Å². The van der Waals surface area contributed by atoms with Gasteiger partial charge in [-0.15, -0.1) is 0 Å². The molecule has 1 aromatic carbocycles. The minimum absolute atomic E-state index is 0.0968. The van der Waals surface area contributed by atoms with E-state index in [1.54, 1.807) is 31.2 Å². The molecule has 0 spiro atoms. The van der Waals surface area contributed by atoms with Gasteiger partial charge in [-0.2, -0.15) is 5.26 Å². The molecule has 5 heteroatoms. The monoisotopic (exact) mass is 242 g/mol. The lowest BCUT2D eigenvalue weighted by atomic mass is 10.1. The second-order valence-electron chi connectivity index (χ2n) is 3.45. The largest absolute Gasteiger partial charge is 0.461 e. The van der Waals surface area contributed by atoms with Crippen molar-refractivity contribution in [2.45, 2.75) is 6.92 Å². The van der Waals surface area contributed by atoms with Crippen molar-refractivity contribution in [3.63, 3.8) is 0 Å². The summed E-state index contributed by atoms with van der Waals surface area (Å²) >= 11 is 0. The molecule has 0 saturated carbocycles.